The van der Waals surface area contributed by atoms with Gasteiger partial charge in [-0.15, -0.1) is 11.3 Å². The number of rotatable bonds is 13. The van der Waals surface area contributed by atoms with E-state index in [1.54, 1.807) is 91.1 Å². The maximum atomic E-state index is 16.0. The molecule has 8 rings (SSSR count). The molecule has 0 saturated carbocycles. The number of benzene rings is 3. The Morgan fingerprint density at radius 1 is 0.895 bits per heavy atom. The Balaban J connectivity index is 0.876. The molecule has 5 aromatic rings. The molecular formula is C54H65ClFN7O11S2. The molecule has 408 valence electrons. The van der Waals surface area contributed by atoms with Crippen LogP contribution < -0.4 is 26.4 Å². The number of aryl methyl sites for hydroxylation is 1. The molecule has 0 aliphatic carbocycles. The number of thiophene rings is 1. The molecule has 0 bridgehead atoms. The molecule has 76 heavy (non-hydrogen) atoms. The second-order valence-electron chi connectivity index (χ2n) is 22.3. The molecule has 2 aromatic heterocycles. The van der Waals surface area contributed by atoms with Crippen molar-refractivity contribution in [2.75, 3.05) is 36.9 Å². The van der Waals surface area contributed by atoms with Crippen molar-refractivity contribution in [2.45, 2.75) is 134 Å². The number of carbonyl (C=O) groups is 5. The van der Waals surface area contributed by atoms with Crippen LogP contribution in [-0.4, -0.2) is 112 Å². The summed E-state index contributed by atoms with van der Waals surface area (Å²) in [4.78, 5) is 79.3. The smallest absolute Gasteiger partial charge is 0.352 e. The molecule has 4 atom stereocenters. The standard InChI is InChI=1S/C54H65ClFN7O11S2/c1-52(2,3)73-43(65)29-72-45-44(55)46(75-47(45)49(67)74-53(4,5)6)33-13-11-15-35(25-33)57-36-20-23-62(54(7,8)27-36)76(70,71)30-31-12-10-14-34(24-31)58-50(68)61-22-21-37(38(56)28-61)32-16-17-39-41(26-32)60(9)51(69)63(39)40-18-19-42(64)59-48(40)66/h10-17,24-26,36-38,40,57H,18-23,27-30H2,1-9H3,(H,58,68)(H,59,64,66)/t36-,37?,38?,40?/m0/s1. The lowest BCUT2D eigenvalue weighted by Crippen LogP contribution is -2.55. The molecule has 3 aromatic carbocycles. The number of nitrogens with one attached hydrogen (secondary N) is 3. The van der Waals surface area contributed by atoms with E-state index in [9.17, 15) is 37.2 Å². The van der Waals surface area contributed by atoms with Crippen molar-refractivity contribution < 1.29 is 51.0 Å². The first kappa shape index (κ1) is 55.9. The van der Waals surface area contributed by atoms with E-state index in [4.69, 9.17) is 25.8 Å². The average Bonchev–Trinajstić information content (AvgIpc) is 3.80. The van der Waals surface area contributed by atoms with E-state index < -0.39 is 81.1 Å². The zero-order valence-electron chi connectivity index (χ0n) is 44.1. The van der Waals surface area contributed by atoms with Crippen LogP contribution in [-0.2, 0) is 46.7 Å². The quantitative estimate of drug-likeness (QED) is 0.0744. The third-order valence-electron chi connectivity index (χ3n) is 13.5. The molecule has 18 nitrogen and oxygen atoms in total. The molecule has 3 aliphatic rings. The third-order valence-corrected chi connectivity index (χ3v) is 17.2. The van der Waals surface area contributed by atoms with Gasteiger partial charge in [-0.3, -0.25) is 24.0 Å². The lowest BCUT2D eigenvalue weighted by Gasteiger charge is -2.45. The number of imidazole rings is 1. The summed E-state index contributed by atoms with van der Waals surface area (Å²) in [5.41, 5.74) is 1.13. The second-order valence-corrected chi connectivity index (χ2v) is 25.5. The van der Waals surface area contributed by atoms with E-state index in [0.29, 0.717) is 57.6 Å². The Kier molecular flexibility index (Phi) is 15.9. The number of anilines is 2. The Hall–Kier alpha value is -6.29. The summed E-state index contributed by atoms with van der Waals surface area (Å²) in [6, 6.07) is 17.7. The van der Waals surface area contributed by atoms with Gasteiger partial charge in [-0.05, 0) is 134 Å². The molecule has 3 saturated heterocycles. The minimum atomic E-state index is -3.87. The number of nitrogens with zero attached hydrogens (tertiary/aromatic N) is 4. The molecule has 22 heteroatoms. The van der Waals surface area contributed by atoms with E-state index in [-0.39, 0.29) is 65.8 Å². The molecule has 3 N–H and O–H groups in total. The lowest BCUT2D eigenvalue weighted by molar-refractivity contribution is -0.157. The summed E-state index contributed by atoms with van der Waals surface area (Å²) in [7, 11) is -2.29. The Morgan fingerprint density at radius 2 is 1.61 bits per heavy atom. The molecule has 5 heterocycles. The molecule has 4 amide bonds. The number of esters is 2. The van der Waals surface area contributed by atoms with Gasteiger partial charge in [0.2, 0.25) is 21.8 Å². The number of piperidine rings is 3. The minimum Gasteiger partial charge on any atom is -0.479 e. The predicted molar refractivity (Wildman–Crippen MR) is 289 cm³/mol. The maximum Gasteiger partial charge on any atom is 0.352 e. The second kappa shape index (κ2) is 21.6. The summed E-state index contributed by atoms with van der Waals surface area (Å²) in [6.07, 6.45) is 0.127. The Bertz CT molecular complexity index is 3270. The number of sulfonamides is 1. The highest BCUT2D eigenvalue weighted by atomic mass is 35.5. The lowest BCUT2D eigenvalue weighted by atomic mass is 9.87. The van der Waals surface area contributed by atoms with Gasteiger partial charge in [-0.2, -0.15) is 4.31 Å². The minimum absolute atomic E-state index is 0.0169. The normalized spacial score (nSPS) is 20.5. The van der Waals surface area contributed by atoms with E-state index in [1.807, 2.05) is 38.1 Å². The zero-order valence-corrected chi connectivity index (χ0v) is 46.5. The van der Waals surface area contributed by atoms with Crippen molar-refractivity contribution in [2.24, 2.45) is 7.05 Å². The number of aromatic nitrogens is 2. The Morgan fingerprint density at radius 3 is 2.29 bits per heavy atom. The number of alkyl halides is 1. The van der Waals surface area contributed by atoms with Crippen molar-refractivity contribution >= 4 is 85.2 Å². The van der Waals surface area contributed by atoms with Crippen molar-refractivity contribution in [1.29, 1.82) is 0 Å². The van der Waals surface area contributed by atoms with E-state index in [0.717, 1.165) is 17.0 Å². The summed E-state index contributed by atoms with van der Waals surface area (Å²) in [5, 5.41) is 8.83. The van der Waals surface area contributed by atoms with Gasteiger partial charge < -0.3 is 29.7 Å². The number of amides is 4. The number of urea groups is 1. The number of hydrogen-bond donors (Lipinski definition) is 3. The summed E-state index contributed by atoms with van der Waals surface area (Å²) in [5.74, 6) is -3.09. The molecular weight excluding hydrogens is 1040 g/mol. The number of likely N-dealkylation sites (tertiary alicyclic amines) is 1. The van der Waals surface area contributed by atoms with Gasteiger partial charge in [0.15, 0.2) is 17.2 Å². The maximum absolute atomic E-state index is 16.0. The number of fused-ring (bicyclic) bond motifs is 1. The number of halogens is 2. The van der Waals surface area contributed by atoms with Gasteiger partial charge in [0, 0.05) is 55.4 Å². The number of imide groups is 1. The predicted octanol–water partition coefficient (Wildman–Crippen LogP) is 8.92. The van der Waals surface area contributed by atoms with Crippen molar-refractivity contribution in [3.8, 4) is 16.2 Å². The van der Waals surface area contributed by atoms with Gasteiger partial charge in [0.1, 0.15) is 28.4 Å². The van der Waals surface area contributed by atoms with E-state index in [2.05, 4.69) is 16.0 Å². The van der Waals surface area contributed by atoms with Crippen LogP contribution in [0.25, 0.3) is 21.5 Å². The highest BCUT2D eigenvalue weighted by molar-refractivity contribution is 7.88. The first-order valence-corrected chi connectivity index (χ1v) is 28.0. The molecule has 3 unspecified atom stereocenters. The molecule has 3 fully saturated rings. The van der Waals surface area contributed by atoms with Gasteiger partial charge in [0.25, 0.3) is 0 Å². The first-order valence-electron chi connectivity index (χ1n) is 25.2. The van der Waals surface area contributed by atoms with Crippen molar-refractivity contribution in [3.63, 3.8) is 0 Å². The van der Waals surface area contributed by atoms with Gasteiger partial charge >= 0.3 is 23.7 Å². The largest absolute Gasteiger partial charge is 0.479 e. The number of carbonyl (C=O) groups excluding carboxylic acids is 5. The van der Waals surface area contributed by atoms with Crippen molar-refractivity contribution in [3.05, 3.63) is 98.2 Å². The highest BCUT2D eigenvalue weighted by Crippen LogP contribution is 2.47. The van der Waals surface area contributed by atoms with Crippen LogP contribution in [0, 0.1) is 0 Å². The van der Waals surface area contributed by atoms with Gasteiger partial charge in [-0.1, -0.05) is 41.9 Å². The van der Waals surface area contributed by atoms with Gasteiger partial charge in [-0.25, -0.2) is 32.0 Å². The van der Waals surface area contributed by atoms with Crippen LogP contribution in [0.5, 0.6) is 5.75 Å². The van der Waals surface area contributed by atoms with E-state index in [1.165, 1.54) is 18.3 Å². The summed E-state index contributed by atoms with van der Waals surface area (Å²) >= 11 is 8.00. The monoisotopic (exact) mass is 1110 g/mol. The third kappa shape index (κ3) is 12.6. The van der Waals surface area contributed by atoms with Crippen LogP contribution in [0.1, 0.15) is 120 Å². The fraction of sp³-hybridized carbons (Fsp3) is 0.481. The Labute approximate surface area is 450 Å². The first-order chi connectivity index (χ1) is 35.6. The molecule has 0 radical (unpaired) electrons. The number of hydrogen-bond acceptors (Lipinski definition) is 13. The summed E-state index contributed by atoms with van der Waals surface area (Å²) < 4.78 is 65.6. The fourth-order valence-corrected chi connectivity index (χ4v) is 13.6. The average molecular weight is 1110 g/mol. The number of ether oxygens (including phenoxy) is 3. The highest BCUT2D eigenvalue weighted by Gasteiger charge is 2.42. The van der Waals surface area contributed by atoms with Crippen molar-refractivity contribution in [1.82, 2.24) is 23.7 Å². The summed E-state index contributed by atoms with van der Waals surface area (Å²) in [6.45, 7) is 14.0. The molecule has 3 aliphatic heterocycles. The van der Waals surface area contributed by atoms with Crippen LogP contribution in [0.15, 0.2) is 71.5 Å². The molecule has 0 spiro atoms. The van der Waals surface area contributed by atoms with Crippen LogP contribution in [0.4, 0.5) is 20.6 Å². The fourth-order valence-electron chi connectivity index (χ4n) is 10.2. The van der Waals surface area contributed by atoms with Gasteiger partial charge in [0.05, 0.1) is 28.2 Å². The SMILES string of the molecule is Cn1c(=O)n(C2CCC(=O)NC2=O)c2ccc(C3CCN(C(=O)Nc4cccc(CS(=O)(=O)N5CC[C@H](Nc6cccc(-c7sc(C(=O)OC(C)(C)C)c(OCC(=O)OC(C)(C)C)c7Cl)c6)CC5(C)C)c4)CC3F)cc21. The topological polar surface area (TPSA) is 217 Å². The zero-order chi connectivity index (χ0) is 55.2. The van der Waals surface area contributed by atoms with E-state index >= 15 is 4.39 Å². The van der Waals surface area contributed by atoms with Crippen LogP contribution in [0.2, 0.25) is 5.02 Å². The van der Waals surface area contributed by atoms with Crippen LogP contribution in [0.3, 0.4) is 0 Å². The van der Waals surface area contributed by atoms with Crippen LogP contribution >= 0.6 is 22.9 Å².